The molecule has 1 atom stereocenters. The van der Waals surface area contributed by atoms with Crippen LogP contribution in [-0.2, 0) is 16.0 Å². The van der Waals surface area contributed by atoms with Crippen molar-refractivity contribution in [3.8, 4) is 0 Å². The topological polar surface area (TPSA) is 68.5 Å². The van der Waals surface area contributed by atoms with Crippen LogP contribution in [0.1, 0.15) is 62.1 Å². The fourth-order valence-corrected chi connectivity index (χ4v) is 2.97. The number of aryl methyl sites for hydroxylation is 1. The standard InChI is InChI=1S/C20H27NO4/c1-4-6-11-17-19(15-10-7-8-12-16(15)25-17)20(23)21-14(9-5-2)13-18(22)24-3/h7-8,10,12,14H,4-6,9,11,13H2,1-3H3,(H,21,23)/t14-/m1/s1. The molecule has 0 fully saturated rings. The van der Waals surface area contributed by atoms with Crippen molar-refractivity contribution >= 4 is 22.8 Å². The van der Waals surface area contributed by atoms with Crippen LogP contribution >= 0.6 is 0 Å². The zero-order valence-electron chi connectivity index (χ0n) is 15.3. The van der Waals surface area contributed by atoms with E-state index in [1.165, 1.54) is 7.11 Å². The van der Waals surface area contributed by atoms with Gasteiger partial charge in [0.15, 0.2) is 0 Å². The maximum absolute atomic E-state index is 12.9. The molecule has 0 radical (unpaired) electrons. The number of rotatable bonds is 9. The lowest BCUT2D eigenvalue weighted by Crippen LogP contribution is -2.37. The van der Waals surface area contributed by atoms with E-state index in [4.69, 9.17) is 9.15 Å². The van der Waals surface area contributed by atoms with Crippen LogP contribution in [0.3, 0.4) is 0 Å². The molecule has 0 saturated heterocycles. The highest BCUT2D eigenvalue weighted by Crippen LogP contribution is 2.27. The number of benzene rings is 1. The number of furan rings is 1. The van der Waals surface area contributed by atoms with Crippen LogP contribution in [0.15, 0.2) is 28.7 Å². The largest absolute Gasteiger partial charge is 0.469 e. The molecule has 1 N–H and O–H groups in total. The number of esters is 1. The molecule has 5 nitrogen and oxygen atoms in total. The molecule has 0 aliphatic heterocycles. The second-order valence-electron chi connectivity index (χ2n) is 6.24. The van der Waals surface area contributed by atoms with Crippen LogP contribution in [0.2, 0.25) is 0 Å². The number of hydrogen-bond donors (Lipinski definition) is 1. The number of para-hydroxylation sites is 1. The zero-order valence-corrected chi connectivity index (χ0v) is 15.3. The highest BCUT2D eigenvalue weighted by Gasteiger charge is 2.23. The van der Waals surface area contributed by atoms with Gasteiger partial charge in [-0.05, 0) is 18.9 Å². The van der Waals surface area contributed by atoms with E-state index in [0.717, 1.165) is 43.1 Å². The third-order valence-corrected chi connectivity index (χ3v) is 4.27. The van der Waals surface area contributed by atoms with Crippen molar-refractivity contribution in [3.05, 3.63) is 35.6 Å². The van der Waals surface area contributed by atoms with E-state index in [9.17, 15) is 9.59 Å². The Hall–Kier alpha value is -2.30. The first-order valence-electron chi connectivity index (χ1n) is 8.98. The Kier molecular flexibility index (Phi) is 7.04. The van der Waals surface area contributed by atoms with Gasteiger partial charge in [-0.15, -0.1) is 0 Å². The summed E-state index contributed by atoms with van der Waals surface area (Å²) in [6.45, 7) is 4.13. The van der Waals surface area contributed by atoms with Gasteiger partial charge in [0.2, 0.25) is 0 Å². The smallest absolute Gasteiger partial charge is 0.307 e. The fraction of sp³-hybridized carbons (Fsp3) is 0.500. The lowest BCUT2D eigenvalue weighted by atomic mass is 10.0. The molecule has 0 aliphatic carbocycles. The summed E-state index contributed by atoms with van der Waals surface area (Å²) in [4.78, 5) is 24.5. The molecule has 1 aromatic carbocycles. The number of nitrogens with one attached hydrogen (secondary N) is 1. The molecule has 25 heavy (non-hydrogen) atoms. The second-order valence-corrected chi connectivity index (χ2v) is 6.24. The molecule has 2 rings (SSSR count). The molecular formula is C20H27NO4. The van der Waals surface area contributed by atoms with Crippen molar-refractivity contribution in [3.63, 3.8) is 0 Å². The van der Waals surface area contributed by atoms with E-state index in [1.54, 1.807) is 0 Å². The van der Waals surface area contributed by atoms with Gasteiger partial charge in [-0.1, -0.05) is 44.9 Å². The molecule has 0 spiro atoms. The van der Waals surface area contributed by atoms with Crippen molar-refractivity contribution in [2.75, 3.05) is 7.11 Å². The van der Waals surface area contributed by atoms with E-state index in [2.05, 4.69) is 12.2 Å². The summed E-state index contributed by atoms with van der Waals surface area (Å²) in [5, 5.41) is 3.81. The molecule has 1 amide bonds. The maximum atomic E-state index is 12.9. The van der Waals surface area contributed by atoms with E-state index >= 15 is 0 Å². The highest BCUT2D eigenvalue weighted by atomic mass is 16.5. The summed E-state index contributed by atoms with van der Waals surface area (Å²) < 4.78 is 10.7. The molecule has 2 aromatic rings. The van der Waals surface area contributed by atoms with Crippen LogP contribution in [0.25, 0.3) is 11.0 Å². The Balaban J connectivity index is 2.28. The van der Waals surface area contributed by atoms with Crippen molar-refractivity contribution in [2.45, 2.75) is 58.4 Å². The summed E-state index contributed by atoms with van der Waals surface area (Å²) in [5.41, 5.74) is 1.31. The Bertz CT molecular complexity index is 720. The molecule has 1 aromatic heterocycles. The minimum Gasteiger partial charge on any atom is -0.469 e. The summed E-state index contributed by atoms with van der Waals surface area (Å²) >= 11 is 0. The van der Waals surface area contributed by atoms with Crippen molar-refractivity contribution in [1.82, 2.24) is 5.32 Å². The normalized spacial score (nSPS) is 12.1. The molecule has 0 bridgehead atoms. The Morgan fingerprint density at radius 2 is 1.96 bits per heavy atom. The first kappa shape index (κ1) is 19.0. The minimum absolute atomic E-state index is 0.177. The predicted molar refractivity (Wildman–Crippen MR) is 97.6 cm³/mol. The Morgan fingerprint density at radius 3 is 2.64 bits per heavy atom. The summed E-state index contributed by atoms with van der Waals surface area (Å²) in [6.07, 6.45) is 4.48. The van der Waals surface area contributed by atoms with Gasteiger partial charge in [0, 0.05) is 17.8 Å². The van der Waals surface area contributed by atoms with Crippen LogP contribution < -0.4 is 5.32 Å². The molecule has 0 unspecified atom stereocenters. The quantitative estimate of drug-likeness (QED) is 0.690. The van der Waals surface area contributed by atoms with Gasteiger partial charge in [0.05, 0.1) is 19.1 Å². The van der Waals surface area contributed by atoms with E-state index in [1.807, 2.05) is 31.2 Å². The first-order valence-corrected chi connectivity index (χ1v) is 8.98. The molecule has 1 heterocycles. The maximum Gasteiger partial charge on any atom is 0.307 e. The average molecular weight is 345 g/mol. The van der Waals surface area contributed by atoms with E-state index < -0.39 is 0 Å². The molecular weight excluding hydrogens is 318 g/mol. The van der Waals surface area contributed by atoms with Crippen LogP contribution in [0.5, 0.6) is 0 Å². The van der Waals surface area contributed by atoms with Gasteiger partial charge in [-0.3, -0.25) is 9.59 Å². The van der Waals surface area contributed by atoms with Crippen molar-refractivity contribution in [1.29, 1.82) is 0 Å². The van der Waals surface area contributed by atoms with Crippen molar-refractivity contribution < 1.29 is 18.7 Å². The predicted octanol–water partition coefficient (Wildman–Crippen LogP) is 4.24. The van der Waals surface area contributed by atoms with E-state index in [0.29, 0.717) is 11.3 Å². The number of ether oxygens (including phenoxy) is 1. The minimum atomic E-state index is -0.318. The second kappa shape index (κ2) is 9.25. The van der Waals surface area contributed by atoms with Crippen LogP contribution in [0.4, 0.5) is 0 Å². The van der Waals surface area contributed by atoms with Crippen LogP contribution in [0, 0.1) is 0 Å². The monoisotopic (exact) mass is 345 g/mol. The van der Waals surface area contributed by atoms with E-state index in [-0.39, 0.29) is 24.3 Å². The van der Waals surface area contributed by atoms with Gasteiger partial charge in [-0.2, -0.15) is 0 Å². The molecule has 0 aliphatic rings. The van der Waals surface area contributed by atoms with Gasteiger partial charge in [0.25, 0.3) is 5.91 Å². The van der Waals surface area contributed by atoms with Gasteiger partial charge in [0.1, 0.15) is 11.3 Å². The molecule has 0 saturated carbocycles. The summed E-state index contributed by atoms with van der Waals surface area (Å²) in [6, 6.07) is 7.33. The number of carbonyl (C=O) groups excluding carboxylic acids is 2. The highest BCUT2D eigenvalue weighted by molar-refractivity contribution is 6.07. The van der Waals surface area contributed by atoms with Crippen LogP contribution in [-0.4, -0.2) is 25.0 Å². The zero-order chi connectivity index (χ0) is 18.2. The van der Waals surface area contributed by atoms with Gasteiger partial charge in [-0.25, -0.2) is 0 Å². The van der Waals surface area contributed by atoms with Crippen molar-refractivity contribution in [2.24, 2.45) is 0 Å². The number of hydrogen-bond acceptors (Lipinski definition) is 4. The molecule has 5 heteroatoms. The summed E-state index contributed by atoms with van der Waals surface area (Å²) in [5.74, 6) is 0.217. The fourth-order valence-electron chi connectivity index (χ4n) is 2.97. The van der Waals surface area contributed by atoms with Gasteiger partial charge < -0.3 is 14.5 Å². The number of fused-ring (bicyclic) bond motifs is 1. The number of carbonyl (C=O) groups is 2. The van der Waals surface area contributed by atoms with Gasteiger partial charge >= 0.3 is 5.97 Å². The first-order chi connectivity index (χ1) is 12.1. The number of amides is 1. The lowest BCUT2D eigenvalue weighted by molar-refractivity contribution is -0.141. The Morgan fingerprint density at radius 1 is 1.20 bits per heavy atom. The third-order valence-electron chi connectivity index (χ3n) is 4.27. The number of methoxy groups -OCH3 is 1. The lowest BCUT2D eigenvalue weighted by Gasteiger charge is -2.17. The third kappa shape index (κ3) is 4.84. The SMILES string of the molecule is CCCCc1oc2ccccc2c1C(=O)N[C@H](CCC)CC(=O)OC. The average Bonchev–Trinajstić information content (AvgIpc) is 2.98. The summed E-state index contributed by atoms with van der Waals surface area (Å²) in [7, 11) is 1.36. The number of unbranched alkanes of at least 4 members (excludes halogenated alkanes) is 1. The molecule has 136 valence electrons. The Labute approximate surface area is 148 Å².